The monoisotopic (exact) mass is 353 g/mol. The molecule has 0 saturated heterocycles. The average Bonchev–Trinajstić information content (AvgIpc) is 2.88. The first-order valence-electron chi connectivity index (χ1n) is 8.14. The highest BCUT2D eigenvalue weighted by molar-refractivity contribution is 7.16. The molecule has 0 aromatic carbocycles. The largest absolute Gasteiger partial charge is 0.481 e. The predicted octanol–water partition coefficient (Wildman–Crippen LogP) is 3.24. The Hall–Kier alpha value is -1.89. The number of rotatable bonds is 5. The van der Waals surface area contributed by atoms with Crippen molar-refractivity contribution in [3.8, 4) is 0 Å². The molecule has 0 unspecified atom stereocenters. The van der Waals surface area contributed by atoms with Crippen LogP contribution in [0.25, 0.3) is 0 Å². The first-order valence-corrected chi connectivity index (χ1v) is 8.96. The second-order valence-electron chi connectivity index (χ2n) is 6.01. The number of ether oxygens (including phenoxy) is 1. The zero-order chi connectivity index (χ0) is 17.9. The number of methoxy groups -OCH3 is 1. The molecular formula is C17H23NO5S. The van der Waals surface area contributed by atoms with Crippen molar-refractivity contribution in [1.82, 2.24) is 0 Å². The molecule has 1 fully saturated rings. The van der Waals surface area contributed by atoms with Crippen LogP contribution in [0.2, 0.25) is 0 Å². The van der Waals surface area contributed by atoms with Crippen LogP contribution >= 0.6 is 11.3 Å². The van der Waals surface area contributed by atoms with E-state index in [9.17, 15) is 19.5 Å². The van der Waals surface area contributed by atoms with E-state index in [1.807, 2.05) is 13.8 Å². The van der Waals surface area contributed by atoms with Crippen LogP contribution in [0.4, 0.5) is 5.00 Å². The second-order valence-corrected chi connectivity index (χ2v) is 7.24. The van der Waals surface area contributed by atoms with E-state index < -0.39 is 23.8 Å². The highest BCUT2D eigenvalue weighted by Gasteiger charge is 2.36. The van der Waals surface area contributed by atoms with Gasteiger partial charge in [-0.15, -0.1) is 11.3 Å². The molecule has 6 nitrogen and oxygen atoms in total. The van der Waals surface area contributed by atoms with Crippen molar-refractivity contribution in [2.24, 2.45) is 11.8 Å². The highest BCUT2D eigenvalue weighted by atomic mass is 32.1. The van der Waals surface area contributed by atoms with Crippen molar-refractivity contribution in [2.45, 2.75) is 46.0 Å². The lowest BCUT2D eigenvalue weighted by molar-refractivity contribution is -0.147. The minimum atomic E-state index is -0.931. The molecule has 1 aliphatic carbocycles. The second kappa shape index (κ2) is 7.79. The van der Waals surface area contributed by atoms with E-state index in [1.54, 1.807) is 0 Å². The third-order valence-electron chi connectivity index (χ3n) is 4.61. The first kappa shape index (κ1) is 18.4. The molecule has 1 aromatic rings. The van der Waals surface area contributed by atoms with Gasteiger partial charge >= 0.3 is 11.9 Å². The summed E-state index contributed by atoms with van der Waals surface area (Å²) in [6.45, 7) is 3.83. The van der Waals surface area contributed by atoms with E-state index in [0.29, 0.717) is 29.8 Å². The third-order valence-corrected chi connectivity index (χ3v) is 5.67. The molecule has 1 aromatic heterocycles. The van der Waals surface area contributed by atoms with Gasteiger partial charge in [-0.2, -0.15) is 0 Å². The summed E-state index contributed by atoms with van der Waals surface area (Å²) in [6.07, 6.45) is 3.40. The molecule has 1 aliphatic rings. The molecule has 24 heavy (non-hydrogen) atoms. The summed E-state index contributed by atoms with van der Waals surface area (Å²) in [7, 11) is 1.31. The summed E-state index contributed by atoms with van der Waals surface area (Å²) in [5.41, 5.74) is 1.25. The fraction of sp³-hybridized carbons (Fsp3) is 0.588. The standard InChI is InChI=1S/C17H23NO5S/c1-4-10-9(2)24-15(13(10)17(22)23-3)18-14(19)11-7-5-6-8-12(11)16(20)21/h11-12H,4-8H2,1-3H3,(H,18,19)(H,20,21)/t11-,12+/m0/s1. The maximum Gasteiger partial charge on any atom is 0.341 e. The molecule has 0 spiro atoms. The Morgan fingerprint density at radius 1 is 1.25 bits per heavy atom. The van der Waals surface area contributed by atoms with E-state index in [2.05, 4.69) is 5.32 Å². The zero-order valence-corrected chi connectivity index (χ0v) is 15.0. The normalized spacial score (nSPS) is 20.5. The van der Waals surface area contributed by atoms with Crippen LogP contribution in [0.3, 0.4) is 0 Å². The molecule has 0 radical (unpaired) electrons. The van der Waals surface area contributed by atoms with Crippen LogP contribution in [0, 0.1) is 18.8 Å². The number of thiophene rings is 1. The van der Waals surface area contributed by atoms with Gasteiger partial charge in [-0.25, -0.2) is 4.79 Å². The quantitative estimate of drug-likeness (QED) is 0.793. The van der Waals surface area contributed by atoms with Gasteiger partial charge in [0.05, 0.1) is 24.5 Å². The van der Waals surface area contributed by atoms with Gasteiger partial charge in [0.1, 0.15) is 5.00 Å². The molecule has 1 saturated carbocycles. The van der Waals surface area contributed by atoms with Crippen molar-refractivity contribution < 1.29 is 24.2 Å². The summed E-state index contributed by atoms with van der Waals surface area (Å²) in [5, 5.41) is 12.6. The number of hydrogen-bond acceptors (Lipinski definition) is 5. The van der Waals surface area contributed by atoms with Crippen LogP contribution < -0.4 is 5.32 Å². The van der Waals surface area contributed by atoms with Gasteiger partial charge < -0.3 is 15.2 Å². The van der Waals surface area contributed by atoms with Gasteiger partial charge in [-0.05, 0) is 31.7 Å². The van der Waals surface area contributed by atoms with Gasteiger partial charge in [0.25, 0.3) is 0 Å². The van der Waals surface area contributed by atoms with E-state index in [0.717, 1.165) is 23.3 Å². The van der Waals surface area contributed by atoms with Crippen molar-refractivity contribution in [3.63, 3.8) is 0 Å². The number of aliphatic carboxylic acids is 1. The number of carbonyl (C=O) groups is 3. The Bertz CT molecular complexity index is 652. The average molecular weight is 353 g/mol. The summed E-state index contributed by atoms with van der Waals surface area (Å²) in [6, 6.07) is 0. The zero-order valence-electron chi connectivity index (χ0n) is 14.2. The Labute approximate surface area is 145 Å². The topological polar surface area (TPSA) is 92.7 Å². The number of amides is 1. The Morgan fingerprint density at radius 3 is 2.42 bits per heavy atom. The van der Waals surface area contributed by atoms with Crippen molar-refractivity contribution in [3.05, 3.63) is 16.0 Å². The van der Waals surface area contributed by atoms with E-state index in [4.69, 9.17) is 4.74 Å². The molecule has 2 atom stereocenters. The number of nitrogens with one attached hydrogen (secondary N) is 1. The predicted molar refractivity (Wildman–Crippen MR) is 91.5 cm³/mol. The Kier molecular flexibility index (Phi) is 5.99. The number of aryl methyl sites for hydroxylation is 1. The first-order chi connectivity index (χ1) is 11.4. The molecule has 0 bridgehead atoms. The molecule has 2 rings (SSSR count). The maximum atomic E-state index is 12.6. The summed E-state index contributed by atoms with van der Waals surface area (Å²) in [5.74, 6) is -2.96. The SMILES string of the molecule is CCc1c(C)sc(NC(=O)[C@H]2CCCC[C@H]2C(=O)O)c1C(=O)OC. The molecular weight excluding hydrogens is 330 g/mol. The maximum absolute atomic E-state index is 12.6. The summed E-state index contributed by atoms with van der Waals surface area (Å²) < 4.78 is 4.84. The fourth-order valence-corrected chi connectivity index (χ4v) is 4.49. The number of hydrogen-bond donors (Lipinski definition) is 2. The Balaban J connectivity index is 2.28. The molecule has 132 valence electrons. The van der Waals surface area contributed by atoms with Crippen LogP contribution in [0.15, 0.2) is 0 Å². The van der Waals surface area contributed by atoms with Gasteiger partial charge in [0.15, 0.2) is 0 Å². The van der Waals surface area contributed by atoms with Crippen molar-refractivity contribution >= 4 is 34.2 Å². The molecule has 7 heteroatoms. The van der Waals surface area contributed by atoms with E-state index in [-0.39, 0.29) is 5.91 Å². The third kappa shape index (κ3) is 3.61. The van der Waals surface area contributed by atoms with Crippen LogP contribution in [0.1, 0.15) is 53.4 Å². The number of anilines is 1. The highest BCUT2D eigenvalue weighted by Crippen LogP contribution is 2.36. The fourth-order valence-electron chi connectivity index (χ4n) is 3.36. The molecule has 1 heterocycles. The smallest absolute Gasteiger partial charge is 0.341 e. The van der Waals surface area contributed by atoms with Gasteiger partial charge in [-0.1, -0.05) is 19.8 Å². The van der Waals surface area contributed by atoms with Crippen molar-refractivity contribution in [1.29, 1.82) is 0 Å². The van der Waals surface area contributed by atoms with Crippen LogP contribution in [0.5, 0.6) is 0 Å². The molecule has 1 amide bonds. The van der Waals surface area contributed by atoms with Crippen molar-refractivity contribution in [2.75, 3.05) is 12.4 Å². The van der Waals surface area contributed by atoms with Gasteiger partial charge in [-0.3, -0.25) is 9.59 Å². The lowest BCUT2D eigenvalue weighted by Gasteiger charge is -2.27. The lowest BCUT2D eigenvalue weighted by atomic mass is 9.79. The van der Waals surface area contributed by atoms with Gasteiger partial charge in [0, 0.05) is 4.88 Å². The number of carboxylic acids is 1. The summed E-state index contributed by atoms with van der Waals surface area (Å²) >= 11 is 1.33. The minimum Gasteiger partial charge on any atom is -0.481 e. The Morgan fingerprint density at radius 2 is 1.88 bits per heavy atom. The van der Waals surface area contributed by atoms with E-state index in [1.165, 1.54) is 18.4 Å². The number of carboxylic acid groups (broad SMARTS) is 1. The minimum absolute atomic E-state index is 0.323. The van der Waals surface area contributed by atoms with Crippen LogP contribution in [-0.4, -0.2) is 30.1 Å². The number of carbonyl (C=O) groups excluding carboxylic acids is 2. The number of esters is 1. The van der Waals surface area contributed by atoms with Gasteiger partial charge in [0.2, 0.25) is 5.91 Å². The molecule has 2 N–H and O–H groups in total. The van der Waals surface area contributed by atoms with Crippen LogP contribution in [-0.2, 0) is 20.7 Å². The summed E-state index contributed by atoms with van der Waals surface area (Å²) in [4.78, 5) is 37.1. The van der Waals surface area contributed by atoms with E-state index >= 15 is 0 Å². The lowest BCUT2D eigenvalue weighted by Crippen LogP contribution is -2.36. The molecule has 0 aliphatic heterocycles.